The van der Waals surface area contributed by atoms with E-state index in [1.165, 1.54) is 11.8 Å². The number of allylic oxidation sites excluding steroid dienone is 1. The second-order valence-electron chi connectivity index (χ2n) is 9.56. The van der Waals surface area contributed by atoms with Gasteiger partial charge in [0.15, 0.2) is 5.17 Å². The molecule has 0 N–H and O–H groups in total. The van der Waals surface area contributed by atoms with Crippen molar-refractivity contribution in [2.75, 3.05) is 26.3 Å². The van der Waals surface area contributed by atoms with Crippen LogP contribution >= 0.6 is 11.8 Å². The van der Waals surface area contributed by atoms with E-state index in [1.807, 2.05) is 36.0 Å². The normalized spacial score (nSPS) is 19.9. The third-order valence-electron chi connectivity index (χ3n) is 7.03. The summed E-state index contributed by atoms with van der Waals surface area (Å²) in [5.74, 6) is -0.722. The Morgan fingerprint density at radius 2 is 1.76 bits per heavy atom. The van der Waals surface area contributed by atoms with Crippen molar-refractivity contribution in [3.63, 3.8) is 0 Å². The van der Waals surface area contributed by atoms with Crippen molar-refractivity contribution in [3.8, 4) is 0 Å². The highest BCUT2D eigenvalue weighted by molar-refractivity contribution is 8.16. The van der Waals surface area contributed by atoms with E-state index in [1.54, 1.807) is 13.8 Å². The molecule has 9 heteroatoms. The summed E-state index contributed by atoms with van der Waals surface area (Å²) in [5, 5.41) is 2.71. The minimum absolute atomic E-state index is 0.000849. The Morgan fingerprint density at radius 1 is 1.05 bits per heavy atom. The molecule has 0 aliphatic carbocycles. The molecule has 0 unspecified atom stereocenters. The summed E-state index contributed by atoms with van der Waals surface area (Å²) >= 11 is 1.47. The highest BCUT2D eigenvalue weighted by Crippen LogP contribution is 2.46. The van der Waals surface area contributed by atoms with Crippen molar-refractivity contribution in [2.24, 2.45) is 10.9 Å². The van der Waals surface area contributed by atoms with Gasteiger partial charge in [-0.05, 0) is 64.0 Å². The van der Waals surface area contributed by atoms with Gasteiger partial charge < -0.3 is 19.3 Å². The highest BCUT2D eigenvalue weighted by Gasteiger charge is 2.42. The summed E-state index contributed by atoms with van der Waals surface area (Å²) in [6.07, 6.45) is 1.40. The summed E-state index contributed by atoms with van der Waals surface area (Å²) in [7, 11) is 0. The molecule has 0 radical (unpaired) electrons. The van der Waals surface area contributed by atoms with Crippen LogP contribution in [0.5, 0.6) is 0 Å². The van der Waals surface area contributed by atoms with Crippen LogP contribution in [0, 0.1) is 19.8 Å². The maximum Gasteiger partial charge on any atom is 0.338 e. The molecule has 1 fully saturated rings. The van der Waals surface area contributed by atoms with Crippen LogP contribution < -0.4 is 0 Å². The number of thioether (sulfide) groups is 1. The monoisotopic (exact) mass is 525 g/mol. The van der Waals surface area contributed by atoms with Gasteiger partial charge in [0.05, 0.1) is 42.9 Å². The van der Waals surface area contributed by atoms with Crippen LogP contribution in [0.3, 0.4) is 0 Å². The summed E-state index contributed by atoms with van der Waals surface area (Å²) < 4.78 is 10.6. The summed E-state index contributed by atoms with van der Waals surface area (Å²) in [5.41, 5.74) is 5.06. The number of aryl methyl sites for hydroxylation is 2. The summed E-state index contributed by atoms with van der Waals surface area (Å²) in [6.45, 7) is 11.2. The summed E-state index contributed by atoms with van der Waals surface area (Å²) in [6, 6.07) is 5.77. The number of hydrogen-bond donors (Lipinski definition) is 0. The number of rotatable bonds is 7. The molecule has 198 valence electrons. The second kappa shape index (κ2) is 11.5. The molecule has 3 aliphatic heterocycles. The predicted molar refractivity (Wildman–Crippen MR) is 143 cm³/mol. The Kier molecular flexibility index (Phi) is 8.42. The van der Waals surface area contributed by atoms with E-state index in [2.05, 4.69) is 18.2 Å². The first-order valence-electron chi connectivity index (χ1n) is 12.9. The minimum atomic E-state index is -0.435. The zero-order valence-electron chi connectivity index (χ0n) is 22.2. The Bertz CT molecular complexity index is 1180. The number of carbonyl (C=O) groups excluding carboxylic acids is 3. The molecule has 1 saturated heterocycles. The van der Waals surface area contributed by atoms with Gasteiger partial charge in [-0.2, -0.15) is 0 Å². The molecule has 0 bridgehead atoms. The number of carbonyl (C=O) groups is 3. The van der Waals surface area contributed by atoms with E-state index >= 15 is 0 Å². The van der Waals surface area contributed by atoms with Gasteiger partial charge in [-0.15, -0.1) is 0 Å². The van der Waals surface area contributed by atoms with Gasteiger partial charge in [-0.25, -0.2) is 9.79 Å². The Balaban J connectivity index is 1.59. The predicted octanol–water partition coefficient (Wildman–Crippen LogP) is 4.63. The van der Waals surface area contributed by atoms with Crippen molar-refractivity contribution in [1.82, 2.24) is 9.80 Å². The molecule has 0 saturated carbocycles. The van der Waals surface area contributed by atoms with Gasteiger partial charge in [-0.3, -0.25) is 9.59 Å². The Labute approximate surface area is 222 Å². The molecule has 1 amide bonds. The molecule has 0 aromatic heterocycles. The number of aliphatic imine (C=N–C) groups is 1. The van der Waals surface area contributed by atoms with Gasteiger partial charge in [0.2, 0.25) is 5.91 Å². The molecule has 4 rings (SSSR count). The average molecular weight is 526 g/mol. The smallest absolute Gasteiger partial charge is 0.338 e. The molecule has 37 heavy (non-hydrogen) atoms. The van der Waals surface area contributed by atoms with Crippen molar-refractivity contribution >= 4 is 34.8 Å². The fraction of sp³-hybridized carbons (Fsp3) is 0.500. The number of hydrogen-bond acceptors (Lipinski definition) is 8. The van der Waals surface area contributed by atoms with Crippen molar-refractivity contribution in [2.45, 2.75) is 59.9 Å². The van der Waals surface area contributed by atoms with E-state index in [0.717, 1.165) is 27.6 Å². The first kappa shape index (κ1) is 27.0. The van der Waals surface area contributed by atoms with E-state index in [9.17, 15) is 14.4 Å². The lowest BCUT2D eigenvalue weighted by atomic mass is 9.90. The van der Waals surface area contributed by atoms with E-state index in [-0.39, 0.29) is 30.8 Å². The number of fused-ring (bicyclic) bond motifs is 1. The van der Waals surface area contributed by atoms with Crippen LogP contribution in [0.4, 0.5) is 0 Å². The number of esters is 2. The van der Waals surface area contributed by atoms with Crippen LogP contribution in [-0.4, -0.2) is 59.1 Å². The van der Waals surface area contributed by atoms with Gasteiger partial charge in [0.25, 0.3) is 0 Å². The van der Waals surface area contributed by atoms with Gasteiger partial charge in [0, 0.05) is 18.8 Å². The molecular formula is C28H35N3O5S. The molecule has 1 aromatic rings. The van der Waals surface area contributed by atoms with Crippen molar-refractivity contribution < 1.29 is 23.9 Å². The van der Waals surface area contributed by atoms with Crippen molar-refractivity contribution in [3.05, 3.63) is 57.3 Å². The molecule has 3 heterocycles. The number of amidine groups is 1. The summed E-state index contributed by atoms with van der Waals surface area (Å²) in [4.78, 5) is 47.2. The Hall–Kier alpha value is -3.07. The maximum absolute atomic E-state index is 13.4. The van der Waals surface area contributed by atoms with Crippen LogP contribution in [0.1, 0.15) is 62.8 Å². The highest BCUT2D eigenvalue weighted by atomic mass is 32.2. The molecule has 3 aliphatic rings. The first-order chi connectivity index (χ1) is 17.7. The second-order valence-corrected chi connectivity index (χ2v) is 10.4. The largest absolute Gasteiger partial charge is 0.466 e. The van der Waals surface area contributed by atoms with Crippen LogP contribution in [0.2, 0.25) is 0 Å². The lowest BCUT2D eigenvalue weighted by Gasteiger charge is -2.38. The quantitative estimate of drug-likeness (QED) is 0.480. The standard InChI is InChI=1S/C28H35N3O5S/c1-6-35-26(33)20-10-12-30(13-11-20)23(32)15-21-16-37-28-29-19(5)24(27(34)36-7-2)25(31(21)28)22-14-17(3)8-9-18(22)4/h8-9,14,16,20,25H,6-7,10-13,15H2,1-5H3/t25-/m1/s1. The molecule has 1 aromatic carbocycles. The maximum atomic E-state index is 13.4. The van der Waals surface area contributed by atoms with Crippen molar-refractivity contribution in [1.29, 1.82) is 0 Å². The lowest BCUT2D eigenvalue weighted by molar-refractivity contribution is -0.151. The molecule has 8 nitrogen and oxygen atoms in total. The number of likely N-dealkylation sites (tertiary alicyclic amines) is 1. The minimum Gasteiger partial charge on any atom is -0.466 e. The number of ether oxygens (including phenoxy) is 2. The number of amides is 1. The molecule has 0 spiro atoms. The third-order valence-corrected chi connectivity index (χ3v) is 7.91. The zero-order valence-corrected chi connectivity index (χ0v) is 23.0. The topological polar surface area (TPSA) is 88.5 Å². The van der Waals surface area contributed by atoms with Crippen LogP contribution in [0.25, 0.3) is 0 Å². The fourth-order valence-electron chi connectivity index (χ4n) is 5.08. The lowest BCUT2D eigenvalue weighted by Crippen LogP contribution is -2.42. The number of benzene rings is 1. The van der Waals surface area contributed by atoms with E-state index in [4.69, 9.17) is 14.5 Å². The Morgan fingerprint density at radius 3 is 2.43 bits per heavy atom. The SMILES string of the molecule is CCOC(=O)C1=C(C)N=C2SC=C(CC(=O)N3CCC(C(=O)OCC)CC3)N2[C@@H]1c1cc(C)ccc1C. The molecule has 1 atom stereocenters. The number of piperidine rings is 1. The van der Waals surface area contributed by atoms with E-state index < -0.39 is 12.0 Å². The fourth-order valence-corrected chi connectivity index (χ4v) is 6.04. The van der Waals surface area contributed by atoms with Gasteiger partial charge in [0.1, 0.15) is 0 Å². The van der Waals surface area contributed by atoms with Crippen LogP contribution in [-0.2, 0) is 23.9 Å². The van der Waals surface area contributed by atoms with Crippen LogP contribution in [0.15, 0.2) is 45.6 Å². The number of nitrogens with zero attached hydrogens (tertiary/aromatic N) is 3. The molecular weight excluding hydrogens is 490 g/mol. The third kappa shape index (κ3) is 5.61. The van der Waals surface area contributed by atoms with Gasteiger partial charge >= 0.3 is 11.9 Å². The zero-order chi connectivity index (χ0) is 26.7. The first-order valence-corrected chi connectivity index (χ1v) is 13.8. The van der Waals surface area contributed by atoms with E-state index in [0.29, 0.717) is 43.8 Å². The van der Waals surface area contributed by atoms with Gasteiger partial charge in [-0.1, -0.05) is 35.5 Å². The average Bonchev–Trinajstić information content (AvgIpc) is 3.26.